The summed E-state index contributed by atoms with van der Waals surface area (Å²) < 4.78 is 22.0. The number of hydrogen-bond acceptors (Lipinski definition) is 8. The van der Waals surface area contributed by atoms with Gasteiger partial charge in [-0.3, -0.25) is 14.5 Å². The number of benzene rings is 2. The minimum absolute atomic E-state index is 0.135. The van der Waals surface area contributed by atoms with Gasteiger partial charge in [-0.1, -0.05) is 24.3 Å². The summed E-state index contributed by atoms with van der Waals surface area (Å²) in [5.41, 5.74) is 2.30. The second-order valence-electron chi connectivity index (χ2n) is 9.30. The van der Waals surface area contributed by atoms with Gasteiger partial charge >= 0.3 is 11.9 Å². The average Bonchev–Trinajstić information content (AvgIpc) is 2.88. The van der Waals surface area contributed by atoms with Gasteiger partial charge in [0.25, 0.3) is 5.91 Å². The van der Waals surface area contributed by atoms with Gasteiger partial charge in [0.15, 0.2) is 16.6 Å². The Kier molecular flexibility index (Phi) is 10.1. The van der Waals surface area contributed by atoms with E-state index < -0.39 is 23.9 Å². The van der Waals surface area contributed by atoms with Crippen LogP contribution in [0.5, 0.6) is 17.2 Å². The third-order valence-corrected chi connectivity index (χ3v) is 6.20. The van der Waals surface area contributed by atoms with Crippen LogP contribution in [0.4, 0.5) is 0 Å². The predicted molar refractivity (Wildman–Crippen MR) is 155 cm³/mol. The highest BCUT2D eigenvalue weighted by atomic mass is 32.1. The van der Waals surface area contributed by atoms with Crippen molar-refractivity contribution in [3.05, 3.63) is 70.4 Å². The van der Waals surface area contributed by atoms with Crippen molar-refractivity contribution in [2.45, 2.75) is 53.7 Å². The molecule has 10 heteroatoms. The maximum absolute atomic E-state index is 14.0. The van der Waals surface area contributed by atoms with Crippen LogP contribution < -0.4 is 19.5 Å². The Hall–Kier alpha value is -4.18. The molecule has 1 heterocycles. The van der Waals surface area contributed by atoms with E-state index in [1.165, 1.54) is 18.9 Å². The highest BCUT2D eigenvalue weighted by molar-refractivity contribution is 7.80. The van der Waals surface area contributed by atoms with E-state index in [0.29, 0.717) is 33.9 Å². The molecule has 0 spiro atoms. The number of esters is 2. The van der Waals surface area contributed by atoms with E-state index in [1.807, 2.05) is 26.0 Å². The molecule has 0 radical (unpaired) electrons. The first-order valence-electron chi connectivity index (χ1n) is 12.8. The van der Waals surface area contributed by atoms with E-state index in [9.17, 15) is 14.4 Å². The summed E-state index contributed by atoms with van der Waals surface area (Å²) in [6, 6.07) is 11.3. The first kappa shape index (κ1) is 30.4. The Labute approximate surface area is 239 Å². The lowest BCUT2D eigenvalue weighted by atomic mass is 9.92. The fourth-order valence-electron chi connectivity index (χ4n) is 4.30. The van der Waals surface area contributed by atoms with E-state index in [1.54, 1.807) is 57.2 Å². The number of nitrogens with zero attached hydrogens (tertiary/aromatic N) is 1. The molecule has 9 nitrogen and oxygen atoms in total. The number of carbonyl (C=O) groups is 3. The van der Waals surface area contributed by atoms with Crippen molar-refractivity contribution in [2.75, 3.05) is 13.7 Å². The van der Waals surface area contributed by atoms with Gasteiger partial charge in [0, 0.05) is 23.8 Å². The fourth-order valence-corrected chi connectivity index (χ4v) is 4.64. The van der Waals surface area contributed by atoms with Crippen LogP contribution in [-0.4, -0.2) is 47.7 Å². The lowest BCUT2D eigenvalue weighted by molar-refractivity contribution is -0.139. The molecule has 1 atom stereocenters. The Balaban J connectivity index is 2.13. The van der Waals surface area contributed by atoms with E-state index in [0.717, 1.165) is 0 Å². The lowest BCUT2D eigenvalue weighted by Gasteiger charge is -2.39. The second kappa shape index (κ2) is 13.3. The molecule has 1 aliphatic rings. The van der Waals surface area contributed by atoms with Crippen molar-refractivity contribution < 1.29 is 33.3 Å². The number of para-hydroxylation sites is 1. The first-order valence-corrected chi connectivity index (χ1v) is 13.2. The van der Waals surface area contributed by atoms with Crippen LogP contribution in [0.25, 0.3) is 6.08 Å². The molecule has 212 valence electrons. The van der Waals surface area contributed by atoms with Gasteiger partial charge in [0.05, 0.1) is 25.4 Å². The van der Waals surface area contributed by atoms with Gasteiger partial charge in [0.1, 0.15) is 11.8 Å². The molecule has 40 heavy (non-hydrogen) atoms. The molecule has 0 saturated carbocycles. The first-order chi connectivity index (χ1) is 19.0. The SMILES string of the molecule is CCOC(=O)C1=C(C)NC(=S)N(C(=O)/C(C)=C/c2ccc(OC(C)=O)c(OC)c2)C1c1ccccc1OC(C)C. The number of thiocarbonyl (C=S) groups is 1. The fraction of sp³-hybridized carbons (Fsp3) is 0.333. The van der Waals surface area contributed by atoms with Crippen LogP contribution in [0.1, 0.15) is 58.7 Å². The quantitative estimate of drug-likeness (QED) is 0.192. The number of allylic oxidation sites excluding steroid dienone is 1. The van der Waals surface area contributed by atoms with Crippen LogP contribution in [0, 0.1) is 0 Å². The summed E-state index contributed by atoms with van der Waals surface area (Å²) >= 11 is 5.64. The normalized spacial score (nSPS) is 15.5. The molecule has 3 rings (SSSR count). The summed E-state index contributed by atoms with van der Waals surface area (Å²) in [5, 5.41) is 3.14. The Bertz CT molecular complexity index is 1380. The molecule has 2 aromatic carbocycles. The van der Waals surface area contributed by atoms with E-state index in [-0.39, 0.29) is 29.1 Å². The molecule has 1 amide bonds. The predicted octanol–water partition coefficient (Wildman–Crippen LogP) is 5.11. The highest BCUT2D eigenvalue weighted by Crippen LogP contribution is 2.40. The highest BCUT2D eigenvalue weighted by Gasteiger charge is 2.41. The summed E-state index contributed by atoms with van der Waals surface area (Å²) in [4.78, 5) is 40.1. The van der Waals surface area contributed by atoms with Gasteiger partial charge in [-0.15, -0.1) is 0 Å². The molecule has 1 unspecified atom stereocenters. The zero-order valence-electron chi connectivity index (χ0n) is 23.7. The van der Waals surface area contributed by atoms with Crippen LogP contribution in [-0.2, 0) is 19.1 Å². The van der Waals surface area contributed by atoms with Crippen molar-refractivity contribution in [3.8, 4) is 17.2 Å². The molecule has 0 bridgehead atoms. The van der Waals surface area contributed by atoms with Gasteiger partial charge in [-0.2, -0.15) is 0 Å². The standard InChI is InChI=1S/C30H34N2O7S/c1-8-37-29(35)26-19(5)31-30(40)32(27(26)22-11-9-10-12-23(22)38-17(2)3)28(34)18(4)15-21-13-14-24(39-20(6)33)25(16-21)36-7/h9-17,27H,8H2,1-7H3,(H,31,40)/b18-15+. The molecule has 1 aliphatic heterocycles. The van der Waals surface area contributed by atoms with Crippen LogP contribution in [0.3, 0.4) is 0 Å². The monoisotopic (exact) mass is 566 g/mol. The summed E-state index contributed by atoms with van der Waals surface area (Å²) in [5.74, 6) is -0.359. The van der Waals surface area contributed by atoms with Crippen molar-refractivity contribution in [1.29, 1.82) is 0 Å². The third-order valence-electron chi connectivity index (χ3n) is 5.90. The number of nitrogens with one attached hydrogen (secondary N) is 1. The van der Waals surface area contributed by atoms with Gasteiger partial charge < -0.3 is 24.3 Å². The van der Waals surface area contributed by atoms with Crippen LogP contribution >= 0.6 is 12.2 Å². The number of ether oxygens (including phenoxy) is 4. The Morgan fingerprint density at radius 2 is 1.77 bits per heavy atom. The minimum Gasteiger partial charge on any atom is -0.493 e. The van der Waals surface area contributed by atoms with Crippen molar-refractivity contribution in [1.82, 2.24) is 10.2 Å². The molecule has 0 saturated heterocycles. The average molecular weight is 567 g/mol. The topological polar surface area (TPSA) is 103 Å². The van der Waals surface area contributed by atoms with Gasteiger partial charge in [0.2, 0.25) is 0 Å². The van der Waals surface area contributed by atoms with Gasteiger partial charge in [-0.05, 0) is 76.7 Å². The van der Waals surface area contributed by atoms with Crippen molar-refractivity contribution in [3.63, 3.8) is 0 Å². The van der Waals surface area contributed by atoms with E-state index >= 15 is 0 Å². The van der Waals surface area contributed by atoms with Crippen LogP contribution in [0.15, 0.2) is 59.3 Å². The number of hydrogen-bond donors (Lipinski definition) is 1. The van der Waals surface area contributed by atoms with Crippen LogP contribution in [0.2, 0.25) is 0 Å². The van der Waals surface area contributed by atoms with E-state index in [2.05, 4.69) is 5.32 Å². The maximum atomic E-state index is 14.0. The molecule has 0 aliphatic carbocycles. The number of carbonyl (C=O) groups excluding carboxylic acids is 3. The van der Waals surface area contributed by atoms with Gasteiger partial charge in [-0.25, -0.2) is 4.79 Å². The largest absolute Gasteiger partial charge is 0.493 e. The Morgan fingerprint density at radius 3 is 2.40 bits per heavy atom. The molecular weight excluding hydrogens is 532 g/mol. The number of methoxy groups -OCH3 is 1. The molecule has 2 aromatic rings. The molecule has 0 fully saturated rings. The van der Waals surface area contributed by atoms with E-state index in [4.69, 9.17) is 31.2 Å². The maximum Gasteiger partial charge on any atom is 0.338 e. The third kappa shape index (κ3) is 6.87. The zero-order chi connectivity index (χ0) is 29.6. The molecule has 1 N–H and O–H groups in total. The minimum atomic E-state index is -0.903. The smallest absolute Gasteiger partial charge is 0.338 e. The molecular formula is C30H34N2O7S. The summed E-state index contributed by atoms with van der Waals surface area (Å²) in [7, 11) is 1.46. The Morgan fingerprint density at radius 1 is 1.07 bits per heavy atom. The summed E-state index contributed by atoms with van der Waals surface area (Å²) in [6.45, 7) is 10.3. The second-order valence-corrected chi connectivity index (χ2v) is 9.69. The van der Waals surface area contributed by atoms with Crippen molar-refractivity contribution in [2.24, 2.45) is 0 Å². The van der Waals surface area contributed by atoms with Crippen molar-refractivity contribution >= 4 is 41.3 Å². The zero-order valence-corrected chi connectivity index (χ0v) is 24.5. The number of amides is 1. The summed E-state index contributed by atoms with van der Waals surface area (Å²) in [6.07, 6.45) is 1.51. The number of rotatable bonds is 9. The lowest BCUT2D eigenvalue weighted by Crippen LogP contribution is -2.51. The molecule has 0 aromatic heterocycles.